The number of halogens is 2. The molecule has 1 atom stereocenters. The van der Waals surface area contributed by atoms with Crippen molar-refractivity contribution < 1.29 is 8.78 Å². The first kappa shape index (κ1) is 21.6. The fourth-order valence-electron chi connectivity index (χ4n) is 3.71. The van der Waals surface area contributed by atoms with Gasteiger partial charge in [0.15, 0.2) is 0 Å². The predicted octanol–water partition coefficient (Wildman–Crippen LogP) is 4.91. The monoisotopic (exact) mass is 344 g/mol. The summed E-state index contributed by atoms with van der Waals surface area (Å²) in [6, 6.07) is -0.524. The molecule has 24 heavy (non-hydrogen) atoms. The van der Waals surface area contributed by atoms with E-state index >= 15 is 0 Å². The lowest BCUT2D eigenvalue weighted by atomic mass is 9.87. The van der Waals surface area contributed by atoms with Crippen LogP contribution in [-0.2, 0) is 0 Å². The van der Waals surface area contributed by atoms with Crippen LogP contribution in [0.3, 0.4) is 0 Å². The van der Waals surface area contributed by atoms with Gasteiger partial charge in [-0.1, -0.05) is 33.8 Å². The van der Waals surface area contributed by atoms with Crippen LogP contribution in [0.25, 0.3) is 0 Å². The Labute approximate surface area is 148 Å². The zero-order chi connectivity index (χ0) is 18.3. The van der Waals surface area contributed by atoms with Crippen molar-refractivity contribution >= 4 is 0 Å². The lowest BCUT2D eigenvalue weighted by molar-refractivity contribution is -0.128. The van der Waals surface area contributed by atoms with Crippen LogP contribution in [0.4, 0.5) is 8.78 Å². The minimum absolute atomic E-state index is 0.0798. The van der Waals surface area contributed by atoms with Crippen LogP contribution < -0.4 is 0 Å². The summed E-state index contributed by atoms with van der Waals surface area (Å²) in [4.78, 5) is 3.81. The summed E-state index contributed by atoms with van der Waals surface area (Å²) in [6.07, 6.45) is 5.97. The van der Waals surface area contributed by atoms with Gasteiger partial charge < -0.3 is 4.90 Å². The first-order valence-electron chi connectivity index (χ1n) is 9.58. The third-order valence-corrected chi connectivity index (χ3v) is 5.12. The molecule has 0 saturated carbocycles. The highest BCUT2D eigenvalue weighted by atomic mass is 19.3. The number of hydrogen-bond acceptors (Lipinski definition) is 2. The normalized spacial score (nSPS) is 26.3. The zero-order valence-electron chi connectivity index (χ0n) is 16.4. The molecule has 0 aliphatic carbocycles. The molecular formula is C20H38F2N2. The van der Waals surface area contributed by atoms with Gasteiger partial charge in [0.25, 0.3) is 5.92 Å². The Bertz CT molecular complexity index is 361. The van der Waals surface area contributed by atoms with Crippen LogP contribution in [0.1, 0.15) is 53.4 Å². The molecule has 0 bridgehead atoms. The number of likely N-dealkylation sites (tertiary alicyclic amines) is 2. The molecule has 2 nitrogen and oxygen atoms in total. The highest BCUT2D eigenvalue weighted by Crippen LogP contribution is 2.34. The van der Waals surface area contributed by atoms with E-state index in [1.807, 2.05) is 6.08 Å². The average Bonchev–Trinajstić information content (AvgIpc) is 2.47. The maximum atomic E-state index is 14.1. The van der Waals surface area contributed by atoms with Crippen LogP contribution in [0.2, 0.25) is 0 Å². The number of allylic oxidation sites excluding steroid dienone is 1. The molecule has 0 aromatic carbocycles. The van der Waals surface area contributed by atoms with E-state index in [1.165, 1.54) is 6.42 Å². The molecule has 0 N–H and O–H groups in total. The van der Waals surface area contributed by atoms with E-state index in [9.17, 15) is 8.78 Å². The third-order valence-electron chi connectivity index (χ3n) is 5.12. The van der Waals surface area contributed by atoms with Gasteiger partial charge in [0.1, 0.15) is 0 Å². The van der Waals surface area contributed by atoms with Crippen LogP contribution >= 0.6 is 0 Å². The molecule has 4 heteroatoms. The number of alkyl halides is 2. The van der Waals surface area contributed by atoms with Crippen molar-refractivity contribution in [3.05, 3.63) is 12.7 Å². The van der Waals surface area contributed by atoms with E-state index < -0.39 is 12.0 Å². The maximum Gasteiger partial charge on any atom is 0.275 e. The van der Waals surface area contributed by atoms with Gasteiger partial charge >= 0.3 is 0 Å². The number of rotatable bonds is 4. The quantitative estimate of drug-likeness (QED) is 0.669. The van der Waals surface area contributed by atoms with Gasteiger partial charge in [-0.05, 0) is 70.1 Å². The molecule has 0 spiro atoms. The molecule has 0 radical (unpaired) electrons. The molecule has 142 valence electrons. The summed E-state index contributed by atoms with van der Waals surface area (Å²) in [5.74, 6) is -0.426. The Balaban J connectivity index is 0.000000505. The molecule has 1 unspecified atom stereocenters. The summed E-state index contributed by atoms with van der Waals surface area (Å²) in [5.41, 5.74) is 0. The van der Waals surface area contributed by atoms with Gasteiger partial charge in [-0.15, -0.1) is 6.58 Å². The zero-order valence-corrected chi connectivity index (χ0v) is 16.4. The van der Waals surface area contributed by atoms with Gasteiger partial charge in [0.05, 0.1) is 12.6 Å². The molecule has 0 aromatic heterocycles. The van der Waals surface area contributed by atoms with E-state index in [0.717, 1.165) is 44.3 Å². The Morgan fingerprint density at radius 1 is 1.08 bits per heavy atom. The molecule has 2 saturated heterocycles. The largest absolute Gasteiger partial charge is 0.300 e. The number of piperidine rings is 2. The van der Waals surface area contributed by atoms with E-state index in [-0.39, 0.29) is 6.54 Å². The summed E-state index contributed by atoms with van der Waals surface area (Å²) in [5, 5.41) is 0. The van der Waals surface area contributed by atoms with Crippen LogP contribution in [-0.4, -0.2) is 55.0 Å². The Morgan fingerprint density at radius 3 is 2.04 bits per heavy atom. The smallest absolute Gasteiger partial charge is 0.275 e. The minimum Gasteiger partial charge on any atom is -0.300 e. The number of hydrogen-bond donors (Lipinski definition) is 0. The van der Waals surface area contributed by atoms with Gasteiger partial charge in [-0.3, -0.25) is 4.90 Å². The van der Waals surface area contributed by atoms with Crippen molar-refractivity contribution in [3.8, 4) is 0 Å². The second-order valence-corrected chi connectivity index (χ2v) is 8.39. The summed E-state index contributed by atoms with van der Waals surface area (Å²) >= 11 is 0. The van der Waals surface area contributed by atoms with Crippen molar-refractivity contribution in [1.82, 2.24) is 9.80 Å². The fourth-order valence-corrected chi connectivity index (χ4v) is 3.71. The van der Waals surface area contributed by atoms with Crippen molar-refractivity contribution in [2.24, 2.45) is 17.8 Å². The van der Waals surface area contributed by atoms with E-state index in [2.05, 4.69) is 39.2 Å². The third kappa shape index (κ3) is 7.18. The van der Waals surface area contributed by atoms with Gasteiger partial charge in [-0.2, -0.15) is 0 Å². The second kappa shape index (κ2) is 9.86. The van der Waals surface area contributed by atoms with Crippen molar-refractivity contribution in [1.29, 1.82) is 0 Å². The average molecular weight is 345 g/mol. The predicted molar refractivity (Wildman–Crippen MR) is 99.6 cm³/mol. The van der Waals surface area contributed by atoms with Gasteiger partial charge in [0.2, 0.25) is 0 Å². The lowest BCUT2D eigenvalue weighted by Gasteiger charge is -2.45. The molecule has 2 aliphatic rings. The SMILES string of the molecule is C=CC(C)C.CC(C)CC1CCN(C2CCN(C)CC2(F)F)CC1. The van der Waals surface area contributed by atoms with Gasteiger partial charge in [0, 0.05) is 0 Å². The van der Waals surface area contributed by atoms with E-state index in [4.69, 9.17) is 0 Å². The van der Waals surface area contributed by atoms with E-state index in [1.54, 1.807) is 11.9 Å². The lowest BCUT2D eigenvalue weighted by Crippen LogP contribution is -2.58. The minimum atomic E-state index is -2.54. The highest BCUT2D eigenvalue weighted by Gasteiger charge is 2.47. The molecule has 2 heterocycles. The molecule has 0 aromatic rings. The summed E-state index contributed by atoms with van der Waals surface area (Å²) in [7, 11) is 1.79. The van der Waals surface area contributed by atoms with Crippen molar-refractivity contribution in [2.75, 3.05) is 33.2 Å². The van der Waals surface area contributed by atoms with Crippen LogP contribution in [0, 0.1) is 17.8 Å². The molecular weight excluding hydrogens is 306 g/mol. The van der Waals surface area contributed by atoms with E-state index in [0.29, 0.717) is 12.3 Å². The Morgan fingerprint density at radius 2 is 1.62 bits per heavy atom. The standard InChI is InChI=1S/C15H28F2N2.C5H10/c1-12(2)10-13-4-8-19(9-5-13)14-6-7-18(3)11-15(14,16)17;1-4-5(2)3/h12-14H,4-11H2,1-3H3;4-5H,1H2,2-3H3. The van der Waals surface area contributed by atoms with Crippen LogP contribution in [0.15, 0.2) is 12.7 Å². The summed E-state index contributed by atoms with van der Waals surface area (Å²) < 4.78 is 28.3. The van der Waals surface area contributed by atoms with Crippen molar-refractivity contribution in [3.63, 3.8) is 0 Å². The Hall–Kier alpha value is -0.480. The topological polar surface area (TPSA) is 6.48 Å². The number of nitrogens with zero attached hydrogens (tertiary/aromatic N) is 2. The van der Waals surface area contributed by atoms with Crippen molar-refractivity contribution in [2.45, 2.75) is 65.3 Å². The first-order chi connectivity index (χ1) is 11.2. The van der Waals surface area contributed by atoms with Gasteiger partial charge in [-0.25, -0.2) is 8.78 Å². The molecule has 2 rings (SSSR count). The summed E-state index contributed by atoms with van der Waals surface area (Å²) in [6.45, 7) is 14.7. The molecule has 0 amide bonds. The highest BCUT2D eigenvalue weighted by molar-refractivity contribution is 4.93. The fraction of sp³-hybridized carbons (Fsp3) is 0.900. The molecule has 2 fully saturated rings. The molecule has 2 aliphatic heterocycles. The van der Waals surface area contributed by atoms with Crippen LogP contribution in [0.5, 0.6) is 0 Å². The first-order valence-corrected chi connectivity index (χ1v) is 9.58. The Kier molecular flexibility index (Phi) is 8.86. The maximum absolute atomic E-state index is 14.1. The second-order valence-electron chi connectivity index (χ2n) is 8.39.